The van der Waals surface area contributed by atoms with Gasteiger partial charge in [0.15, 0.2) is 5.22 Å². The van der Waals surface area contributed by atoms with E-state index in [1.165, 1.54) is 32.1 Å². The minimum atomic E-state index is -0.000809. The van der Waals surface area contributed by atoms with Gasteiger partial charge in [-0.2, -0.15) is 0 Å². The Labute approximate surface area is 96.8 Å². The second kappa shape index (κ2) is 6.91. The highest BCUT2D eigenvalue weighted by molar-refractivity contribution is 6.28. The van der Waals surface area contributed by atoms with E-state index in [2.05, 4.69) is 6.92 Å². The van der Waals surface area contributed by atoms with Crippen LogP contribution in [-0.4, -0.2) is 0 Å². The molecule has 0 saturated heterocycles. The van der Waals surface area contributed by atoms with Crippen LogP contribution >= 0.6 is 11.6 Å². The molecule has 15 heavy (non-hydrogen) atoms. The van der Waals surface area contributed by atoms with Gasteiger partial charge < -0.3 is 10.2 Å². The minimum Gasteiger partial charge on any atom is -0.448 e. The maximum atomic E-state index is 5.97. The predicted octanol–water partition coefficient (Wildman–Crippen LogP) is 4.29. The van der Waals surface area contributed by atoms with E-state index >= 15 is 0 Å². The summed E-state index contributed by atoms with van der Waals surface area (Å²) >= 11 is 5.68. The lowest BCUT2D eigenvalue weighted by atomic mass is 10.1. The van der Waals surface area contributed by atoms with Crippen LogP contribution in [0.2, 0.25) is 5.22 Å². The summed E-state index contributed by atoms with van der Waals surface area (Å²) in [6.45, 7) is 2.22. The fourth-order valence-electron chi connectivity index (χ4n) is 1.64. The van der Waals surface area contributed by atoms with Gasteiger partial charge >= 0.3 is 0 Å². The molecule has 0 aromatic carbocycles. The van der Waals surface area contributed by atoms with Crippen LogP contribution in [0, 0.1) is 0 Å². The highest BCUT2D eigenvalue weighted by atomic mass is 35.5. The van der Waals surface area contributed by atoms with Crippen molar-refractivity contribution in [2.45, 2.75) is 51.5 Å². The Bertz CT molecular complexity index is 272. The highest BCUT2D eigenvalue weighted by Gasteiger charge is 2.09. The maximum absolute atomic E-state index is 5.97. The average Bonchev–Trinajstić information content (AvgIpc) is 2.64. The third-order valence-electron chi connectivity index (χ3n) is 2.58. The molecule has 1 atom stereocenters. The average molecular weight is 230 g/mol. The standard InChI is InChI=1S/C12H20ClNO/c1-2-3-4-5-6-7-10(14)11-8-9-12(13)15-11/h8-10H,2-7,14H2,1H3. The molecule has 86 valence electrons. The van der Waals surface area contributed by atoms with Crippen molar-refractivity contribution in [1.82, 2.24) is 0 Å². The fourth-order valence-corrected chi connectivity index (χ4v) is 1.79. The largest absolute Gasteiger partial charge is 0.448 e. The van der Waals surface area contributed by atoms with Crippen LogP contribution in [0.15, 0.2) is 16.5 Å². The zero-order chi connectivity index (χ0) is 11.1. The van der Waals surface area contributed by atoms with Crippen LogP contribution in [0.5, 0.6) is 0 Å². The molecule has 1 aromatic rings. The SMILES string of the molecule is CCCCCCCC(N)c1ccc(Cl)o1. The van der Waals surface area contributed by atoms with Gasteiger partial charge in [0.2, 0.25) is 0 Å². The molecule has 2 nitrogen and oxygen atoms in total. The van der Waals surface area contributed by atoms with E-state index in [1.807, 2.05) is 6.07 Å². The summed E-state index contributed by atoms with van der Waals surface area (Å²) in [4.78, 5) is 0. The monoisotopic (exact) mass is 229 g/mol. The second-order valence-electron chi connectivity index (χ2n) is 3.95. The van der Waals surface area contributed by atoms with Gasteiger partial charge in [0.1, 0.15) is 5.76 Å². The van der Waals surface area contributed by atoms with Crippen molar-refractivity contribution in [3.05, 3.63) is 23.1 Å². The molecule has 0 amide bonds. The lowest BCUT2D eigenvalue weighted by Crippen LogP contribution is -2.08. The zero-order valence-electron chi connectivity index (χ0n) is 9.34. The number of halogens is 1. The number of furan rings is 1. The van der Waals surface area contributed by atoms with Crippen LogP contribution in [0.4, 0.5) is 0 Å². The van der Waals surface area contributed by atoms with Crippen LogP contribution in [-0.2, 0) is 0 Å². The summed E-state index contributed by atoms with van der Waals surface area (Å²) in [6, 6.07) is 3.60. The van der Waals surface area contributed by atoms with Gasteiger partial charge in [-0.1, -0.05) is 39.0 Å². The Morgan fingerprint density at radius 1 is 1.27 bits per heavy atom. The molecule has 1 heterocycles. The van der Waals surface area contributed by atoms with Gasteiger partial charge in [-0.25, -0.2) is 0 Å². The van der Waals surface area contributed by atoms with E-state index < -0.39 is 0 Å². The maximum Gasteiger partial charge on any atom is 0.193 e. The number of unbranched alkanes of at least 4 members (excludes halogenated alkanes) is 4. The number of nitrogens with two attached hydrogens (primary N) is 1. The molecule has 2 N–H and O–H groups in total. The number of hydrogen-bond donors (Lipinski definition) is 1. The molecule has 0 aliphatic heterocycles. The van der Waals surface area contributed by atoms with Crippen molar-refractivity contribution in [3.63, 3.8) is 0 Å². The predicted molar refractivity (Wildman–Crippen MR) is 64.0 cm³/mol. The van der Waals surface area contributed by atoms with Gasteiger partial charge in [-0.3, -0.25) is 0 Å². The van der Waals surface area contributed by atoms with Crippen molar-refractivity contribution in [1.29, 1.82) is 0 Å². The smallest absolute Gasteiger partial charge is 0.193 e. The van der Waals surface area contributed by atoms with Gasteiger partial charge in [-0.15, -0.1) is 0 Å². The third-order valence-corrected chi connectivity index (χ3v) is 2.78. The molecular weight excluding hydrogens is 210 g/mol. The second-order valence-corrected chi connectivity index (χ2v) is 4.32. The molecule has 0 bridgehead atoms. The van der Waals surface area contributed by atoms with E-state index in [0.717, 1.165) is 12.2 Å². The first-order chi connectivity index (χ1) is 7.24. The first-order valence-corrected chi connectivity index (χ1v) is 6.12. The first kappa shape index (κ1) is 12.6. The molecule has 0 spiro atoms. The summed E-state index contributed by atoms with van der Waals surface area (Å²) in [5.41, 5.74) is 5.97. The zero-order valence-corrected chi connectivity index (χ0v) is 10.1. The summed E-state index contributed by atoms with van der Waals surface area (Å²) < 4.78 is 5.26. The molecular formula is C12H20ClNO. The van der Waals surface area contributed by atoms with E-state index in [1.54, 1.807) is 6.07 Å². The van der Waals surface area contributed by atoms with Crippen LogP contribution in [0.25, 0.3) is 0 Å². The highest BCUT2D eigenvalue weighted by Crippen LogP contribution is 2.22. The summed E-state index contributed by atoms with van der Waals surface area (Å²) in [6.07, 6.45) is 7.31. The molecule has 0 fully saturated rings. The summed E-state index contributed by atoms with van der Waals surface area (Å²) in [7, 11) is 0. The number of hydrogen-bond acceptors (Lipinski definition) is 2. The van der Waals surface area contributed by atoms with E-state index in [0.29, 0.717) is 5.22 Å². The molecule has 1 rings (SSSR count). The Balaban J connectivity index is 2.16. The van der Waals surface area contributed by atoms with Gasteiger partial charge in [-0.05, 0) is 30.2 Å². The van der Waals surface area contributed by atoms with E-state index in [4.69, 9.17) is 21.8 Å². The summed E-state index contributed by atoms with van der Waals surface area (Å²) in [5.74, 6) is 0.801. The fraction of sp³-hybridized carbons (Fsp3) is 0.667. The van der Waals surface area contributed by atoms with Crippen molar-refractivity contribution >= 4 is 11.6 Å². The molecule has 1 unspecified atom stereocenters. The van der Waals surface area contributed by atoms with E-state index in [-0.39, 0.29) is 6.04 Å². The summed E-state index contributed by atoms with van der Waals surface area (Å²) in [5, 5.41) is 0.423. The van der Waals surface area contributed by atoms with Crippen LogP contribution in [0.3, 0.4) is 0 Å². The Morgan fingerprint density at radius 3 is 2.60 bits per heavy atom. The Hall–Kier alpha value is -0.470. The van der Waals surface area contributed by atoms with Gasteiger partial charge in [0.25, 0.3) is 0 Å². The molecule has 3 heteroatoms. The van der Waals surface area contributed by atoms with Crippen molar-refractivity contribution in [2.24, 2.45) is 5.73 Å². The molecule has 0 aliphatic rings. The Morgan fingerprint density at radius 2 is 2.00 bits per heavy atom. The van der Waals surface area contributed by atoms with E-state index in [9.17, 15) is 0 Å². The van der Waals surface area contributed by atoms with Crippen molar-refractivity contribution in [3.8, 4) is 0 Å². The van der Waals surface area contributed by atoms with Crippen molar-refractivity contribution < 1.29 is 4.42 Å². The van der Waals surface area contributed by atoms with Crippen LogP contribution in [0.1, 0.15) is 57.3 Å². The first-order valence-electron chi connectivity index (χ1n) is 5.75. The molecule has 0 saturated carbocycles. The van der Waals surface area contributed by atoms with Crippen molar-refractivity contribution in [2.75, 3.05) is 0 Å². The topological polar surface area (TPSA) is 39.2 Å². The molecule has 0 radical (unpaired) electrons. The van der Waals surface area contributed by atoms with Gasteiger partial charge in [0.05, 0.1) is 6.04 Å². The lowest BCUT2D eigenvalue weighted by Gasteiger charge is -2.07. The Kier molecular flexibility index (Phi) is 5.81. The normalized spacial score (nSPS) is 13.0. The van der Waals surface area contributed by atoms with Gasteiger partial charge in [0, 0.05) is 0 Å². The minimum absolute atomic E-state index is 0.000809. The lowest BCUT2D eigenvalue weighted by molar-refractivity contribution is 0.440. The number of rotatable bonds is 7. The molecule has 1 aromatic heterocycles. The third kappa shape index (κ3) is 4.72. The quantitative estimate of drug-likeness (QED) is 0.709. The van der Waals surface area contributed by atoms with Crippen LogP contribution < -0.4 is 5.73 Å². The molecule has 0 aliphatic carbocycles.